The molecule has 0 amide bonds. The first kappa shape index (κ1) is 20.2. The molecule has 2 saturated heterocycles. The number of hydrogen-bond acceptors (Lipinski definition) is 9. The van der Waals surface area contributed by atoms with E-state index in [0.717, 1.165) is 0 Å². The van der Waals surface area contributed by atoms with E-state index in [4.69, 9.17) is 18.9 Å². The van der Waals surface area contributed by atoms with Gasteiger partial charge < -0.3 is 18.9 Å². The summed E-state index contributed by atoms with van der Waals surface area (Å²) in [5.41, 5.74) is 0. The first-order chi connectivity index (χ1) is 12.2. The molecular formula is C17H25NO8. The summed E-state index contributed by atoms with van der Waals surface area (Å²) in [5.74, 6) is -1.85. The zero-order valence-electron chi connectivity index (χ0n) is 15.4. The molecule has 2 fully saturated rings. The van der Waals surface area contributed by atoms with Crippen molar-refractivity contribution in [2.24, 2.45) is 0 Å². The third-order valence-corrected chi connectivity index (χ3v) is 4.54. The number of rotatable bonds is 5. The number of carbonyl (C=O) groups excluding carboxylic acids is 4. The van der Waals surface area contributed by atoms with E-state index in [2.05, 4.69) is 0 Å². The van der Waals surface area contributed by atoms with Crippen LogP contribution in [0.3, 0.4) is 0 Å². The summed E-state index contributed by atoms with van der Waals surface area (Å²) in [6.07, 6.45) is -0.776. The molecule has 2 heterocycles. The highest BCUT2D eigenvalue weighted by Crippen LogP contribution is 2.37. The Balaban J connectivity index is 2.26. The number of esters is 4. The van der Waals surface area contributed by atoms with E-state index in [1.807, 2.05) is 4.90 Å². The topological polar surface area (TPSA) is 108 Å². The van der Waals surface area contributed by atoms with Crippen molar-refractivity contribution in [3.05, 3.63) is 0 Å². The van der Waals surface area contributed by atoms with Crippen LogP contribution in [0.15, 0.2) is 0 Å². The highest BCUT2D eigenvalue weighted by molar-refractivity contribution is 5.68. The molecule has 2 aliphatic heterocycles. The van der Waals surface area contributed by atoms with Gasteiger partial charge >= 0.3 is 23.9 Å². The third-order valence-electron chi connectivity index (χ3n) is 4.54. The van der Waals surface area contributed by atoms with Crippen LogP contribution in [0.1, 0.15) is 40.5 Å². The number of carbonyl (C=O) groups is 4. The Labute approximate surface area is 151 Å². The van der Waals surface area contributed by atoms with E-state index >= 15 is 0 Å². The van der Waals surface area contributed by atoms with Crippen molar-refractivity contribution in [3.8, 4) is 0 Å². The molecular weight excluding hydrogens is 346 g/mol. The van der Waals surface area contributed by atoms with E-state index in [1.54, 1.807) is 0 Å². The molecule has 0 aliphatic carbocycles. The fourth-order valence-electron chi connectivity index (χ4n) is 3.75. The SMILES string of the molecule is CC(=O)OC[C@@H]1[C@@H](OC(C)=O)[C@@H](OC(C)=O)[C@H]2C[C@@H](OC(C)=O)CCN21. The predicted molar refractivity (Wildman–Crippen MR) is 86.8 cm³/mol. The molecule has 5 atom stereocenters. The van der Waals surface area contributed by atoms with Gasteiger partial charge in [-0.05, 0) is 6.42 Å². The molecule has 0 spiro atoms. The summed E-state index contributed by atoms with van der Waals surface area (Å²) in [7, 11) is 0. The zero-order valence-corrected chi connectivity index (χ0v) is 15.4. The minimum atomic E-state index is -0.767. The first-order valence-corrected chi connectivity index (χ1v) is 8.59. The molecule has 0 aromatic rings. The lowest BCUT2D eigenvalue weighted by Gasteiger charge is -2.37. The Kier molecular flexibility index (Phi) is 6.57. The van der Waals surface area contributed by atoms with Crippen molar-refractivity contribution in [2.75, 3.05) is 13.2 Å². The third kappa shape index (κ3) is 4.94. The quantitative estimate of drug-likeness (QED) is 0.494. The van der Waals surface area contributed by atoms with Gasteiger partial charge in [0.05, 0.1) is 12.1 Å². The van der Waals surface area contributed by atoms with E-state index in [-0.39, 0.29) is 24.7 Å². The Morgan fingerprint density at radius 3 is 1.96 bits per heavy atom. The summed E-state index contributed by atoms with van der Waals surface area (Å²) >= 11 is 0. The molecule has 2 aliphatic rings. The Morgan fingerprint density at radius 2 is 1.42 bits per heavy atom. The molecule has 0 aromatic carbocycles. The number of nitrogens with zero attached hydrogens (tertiary/aromatic N) is 1. The van der Waals surface area contributed by atoms with Crippen molar-refractivity contribution in [1.82, 2.24) is 4.90 Å². The van der Waals surface area contributed by atoms with Gasteiger partial charge in [0.2, 0.25) is 0 Å². The molecule has 0 bridgehead atoms. The second-order valence-electron chi connectivity index (χ2n) is 6.58. The maximum absolute atomic E-state index is 11.6. The maximum atomic E-state index is 11.6. The smallest absolute Gasteiger partial charge is 0.303 e. The Hall–Kier alpha value is -2.16. The van der Waals surface area contributed by atoms with Gasteiger partial charge in [-0.2, -0.15) is 0 Å². The lowest BCUT2D eigenvalue weighted by molar-refractivity contribution is -0.166. The fourth-order valence-corrected chi connectivity index (χ4v) is 3.75. The molecule has 0 saturated carbocycles. The van der Waals surface area contributed by atoms with E-state index in [9.17, 15) is 19.2 Å². The lowest BCUT2D eigenvalue weighted by Crippen LogP contribution is -2.49. The minimum absolute atomic E-state index is 0.0137. The van der Waals surface area contributed by atoms with Gasteiger partial charge in [0.1, 0.15) is 12.7 Å². The highest BCUT2D eigenvalue weighted by atomic mass is 16.6. The van der Waals surface area contributed by atoms with Gasteiger partial charge in [0.15, 0.2) is 12.2 Å². The highest BCUT2D eigenvalue weighted by Gasteiger charge is 2.55. The van der Waals surface area contributed by atoms with Crippen LogP contribution >= 0.6 is 0 Å². The molecule has 2 rings (SSSR count). The van der Waals surface area contributed by atoms with Crippen LogP contribution in [0.2, 0.25) is 0 Å². The lowest BCUT2D eigenvalue weighted by atomic mass is 9.97. The van der Waals surface area contributed by atoms with Crippen LogP contribution in [0, 0.1) is 0 Å². The van der Waals surface area contributed by atoms with E-state index in [0.29, 0.717) is 19.4 Å². The average Bonchev–Trinajstić information content (AvgIpc) is 2.76. The van der Waals surface area contributed by atoms with Gasteiger partial charge in [0.25, 0.3) is 0 Å². The van der Waals surface area contributed by atoms with Crippen LogP contribution < -0.4 is 0 Å². The van der Waals surface area contributed by atoms with E-state index < -0.39 is 36.2 Å². The average molecular weight is 371 g/mol. The monoisotopic (exact) mass is 371 g/mol. The van der Waals surface area contributed by atoms with Gasteiger partial charge in [-0.3, -0.25) is 24.1 Å². The number of hydrogen-bond donors (Lipinski definition) is 0. The summed E-state index contributed by atoms with van der Waals surface area (Å²) in [5, 5.41) is 0. The van der Waals surface area contributed by atoms with Crippen molar-refractivity contribution < 1.29 is 38.1 Å². The molecule has 9 heteroatoms. The van der Waals surface area contributed by atoms with Crippen molar-refractivity contribution >= 4 is 23.9 Å². The molecule has 26 heavy (non-hydrogen) atoms. The second kappa shape index (κ2) is 8.48. The predicted octanol–water partition coefficient (Wildman–Crippen LogP) is 0.191. The van der Waals surface area contributed by atoms with Crippen molar-refractivity contribution in [2.45, 2.75) is 70.9 Å². The number of ether oxygens (including phenoxy) is 4. The molecule has 0 aromatic heterocycles. The summed E-state index contributed by atoms with van der Waals surface area (Å²) in [6.45, 7) is 5.73. The number of piperidine rings is 1. The molecule has 0 N–H and O–H groups in total. The summed E-state index contributed by atoms with van der Waals surface area (Å²) in [4.78, 5) is 47.7. The molecule has 146 valence electrons. The second-order valence-corrected chi connectivity index (χ2v) is 6.58. The summed E-state index contributed by atoms with van der Waals surface area (Å²) < 4.78 is 21.3. The Bertz CT molecular complexity index is 577. The maximum Gasteiger partial charge on any atom is 0.303 e. The van der Waals surface area contributed by atoms with Gasteiger partial charge in [0, 0.05) is 40.7 Å². The minimum Gasteiger partial charge on any atom is -0.464 e. The van der Waals surface area contributed by atoms with Crippen molar-refractivity contribution in [3.63, 3.8) is 0 Å². The molecule has 9 nitrogen and oxygen atoms in total. The van der Waals surface area contributed by atoms with Crippen LogP contribution in [0.25, 0.3) is 0 Å². The standard InChI is InChI=1S/C17H25NO8/c1-9(19)23-8-15-17(26-12(4)22)16(25-11(3)21)14-7-13(24-10(2)20)5-6-18(14)15/h13-17H,5-8H2,1-4H3/t13-,14+,15+,16-,17+/m0/s1. The van der Waals surface area contributed by atoms with Crippen LogP contribution in [0.5, 0.6) is 0 Å². The zero-order chi connectivity index (χ0) is 19.4. The van der Waals surface area contributed by atoms with Gasteiger partial charge in [-0.25, -0.2) is 0 Å². The largest absolute Gasteiger partial charge is 0.464 e. The first-order valence-electron chi connectivity index (χ1n) is 8.59. The normalized spacial score (nSPS) is 30.8. The van der Waals surface area contributed by atoms with E-state index in [1.165, 1.54) is 27.7 Å². The van der Waals surface area contributed by atoms with Gasteiger partial charge in [-0.15, -0.1) is 0 Å². The molecule has 0 radical (unpaired) electrons. The van der Waals surface area contributed by atoms with Crippen LogP contribution in [0.4, 0.5) is 0 Å². The van der Waals surface area contributed by atoms with Crippen LogP contribution in [-0.2, 0) is 38.1 Å². The van der Waals surface area contributed by atoms with Gasteiger partial charge in [-0.1, -0.05) is 0 Å². The number of fused-ring (bicyclic) bond motifs is 1. The van der Waals surface area contributed by atoms with Crippen molar-refractivity contribution in [1.29, 1.82) is 0 Å². The van der Waals surface area contributed by atoms with Crippen LogP contribution in [-0.4, -0.2) is 72.3 Å². The fraction of sp³-hybridized carbons (Fsp3) is 0.765. The summed E-state index contributed by atoms with van der Waals surface area (Å²) in [6, 6.07) is -0.739. The molecule has 0 unspecified atom stereocenters. The Morgan fingerprint density at radius 1 is 0.846 bits per heavy atom.